The summed E-state index contributed by atoms with van der Waals surface area (Å²) in [5.74, 6) is -2.19. The lowest BCUT2D eigenvalue weighted by atomic mass is 9.94. The molecule has 7 N–H and O–H groups in total. The fourth-order valence-corrected chi connectivity index (χ4v) is 2.48. The molecule has 12 nitrogen and oxygen atoms in total. The lowest BCUT2D eigenvalue weighted by Gasteiger charge is -2.39. The Hall–Kier alpha value is -2.70. The van der Waals surface area contributed by atoms with Gasteiger partial charge >= 0.3 is 5.97 Å². The van der Waals surface area contributed by atoms with E-state index in [0.29, 0.717) is 0 Å². The number of carbonyl (C=O) groups excluding carboxylic acids is 2. The minimum absolute atomic E-state index is 0.0226. The summed E-state index contributed by atoms with van der Waals surface area (Å²) in [6.07, 6.45) is -4.08. The number of guanidine groups is 1. The van der Waals surface area contributed by atoms with Crippen molar-refractivity contribution in [1.82, 2.24) is 5.32 Å². The first-order valence-corrected chi connectivity index (χ1v) is 7.44. The van der Waals surface area contributed by atoms with Crippen molar-refractivity contribution >= 4 is 24.3 Å². The summed E-state index contributed by atoms with van der Waals surface area (Å²) < 4.78 is 15.1. The molecule has 1 amide bonds. The van der Waals surface area contributed by atoms with Crippen molar-refractivity contribution in [1.29, 1.82) is 0 Å². The number of nitrogens with one attached hydrogen (secondary N) is 1. The molecule has 146 valence electrons. The Bertz CT molecular complexity index is 589. The van der Waals surface area contributed by atoms with Gasteiger partial charge < -0.3 is 41.2 Å². The number of aliphatic hydroxyl groups is 1. The summed E-state index contributed by atoms with van der Waals surface area (Å²) in [5, 5.41) is 22.0. The zero-order chi connectivity index (χ0) is 19.9. The number of amides is 1. The van der Waals surface area contributed by atoms with Gasteiger partial charge in [-0.3, -0.25) is 9.59 Å². The molecule has 0 fully saturated rings. The van der Waals surface area contributed by atoms with Crippen molar-refractivity contribution in [3.63, 3.8) is 0 Å². The number of aliphatic hydroxyl groups excluding tert-OH is 1. The second-order valence-electron chi connectivity index (χ2n) is 5.36. The average Bonchev–Trinajstić information content (AvgIpc) is 2.54. The smallest absolute Gasteiger partial charge is 0.336 e. The van der Waals surface area contributed by atoms with Gasteiger partial charge in [0.15, 0.2) is 12.1 Å². The zero-order valence-corrected chi connectivity index (χ0v) is 14.2. The second kappa shape index (κ2) is 9.70. The van der Waals surface area contributed by atoms with Crippen molar-refractivity contribution in [2.24, 2.45) is 16.5 Å². The van der Waals surface area contributed by atoms with Crippen LogP contribution in [0.25, 0.3) is 0 Å². The Labute approximate surface area is 148 Å². The quantitative estimate of drug-likeness (QED) is 0.158. The first-order chi connectivity index (χ1) is 12.2. The molecule has 0 aromatic rings. The molecule has 1 aliphatic rings. The molecule has 1 rings (SSSR count). The Morgan fingerprint density at radius 3 is 2.62 bits per heavy atom. The van der Waals surface area contributed by atoms with Crippen LogP contribution in [0.2, 0.25) is 0 Å². The third-order valence-electron chi connectivity index (χ3n) is 3.44. The molecular formula is C14H22N4O8. The van der Waals surface area contributed by atoms with Gasteiger partial charge in [-0.05, 0) is 6.08 Å². The van der Waals surface area contributed by atoms with Crippen LogP contribution in [-0.2, 0) is 28.6 Å². The number of hydrogen-bond donors (Lipinski definition) is 5. The summed E-state index contributed by atoms with van der Waals surface area (Å²) in [5.41, 5.74) is 10.8. The second-order valence-corrected chi connectivity index (χ2v) is 5.36. The van der Waals surface area contributed by atoms with Crippen LogP contribution in [0, 0.1) is 0 Å². The minimum atomic E-state index is -1.46. The van der Waals surface area contributed by atoms with Crippen molar-refractivity contribution in [2.75, 3.05) is 13.7 Å². The maximum atomic E-state index is 11.6. The number of hydrogen-bond acceptors (Lipinski definition) is 8. The van der Waals surface area contributed by atoms with Crippen molar-refractivity contribution in [3.05, 3.63) is 11.8 Å². The number of aliphatic carboxylic acids is 1. The van der Waals surface area contributed by atoms with Crippen LogP contribution < -0.4 is 16.8 Å². The van der Waals surface area contributed by atoms with Gasteiger partial charge in [0.2, 0.25) is 5.91 Å². The molecule has 0 saturated carbocycles. The molecule has 0 aromatic carbocycles. The van der Waals surface area contributed by atoms with Crippen LogP contribution in [0.1, 0.15) is 6.92 Å². The van der Waals surface area contributed by atoms with Crippen molar-refractivity contribution in [2.45, 2.75) is 37.4 Å². The summed E-state index contributed by atoms with van der Waals surface area (Å²) in [6.45, 7) is 0.919. The van der Waals surface area contributed by atoms with Crippen LogP contribution in [0.3, 0.4) is 0 Å². The summed E-state index contributed by atoms with van der Waals surface area (Å²) in [6, 6.07) is -1.03. The number of carboxylic acids is 1. The molecule has 26 heavy (non-hydrogen) atoms. The van der Waals surface area contributed by atoms with E-state index in [1.54, 1.807) is 0 Å². The van der Waals surface area contributed by atoms with Crippen LogP contribution in [0.4, 0.5) is 0 Å². The average molecular weight is 374 g/mol. The highest BCUT2D eigenvalue weighted by Gasteiger charge is 2.43. The molecule has 0 saturated heterocycles. The van der Waals surface area contributed by atoms with Gasteiger partial charge in [-0.2, -0.15) is 0 Å². The van der Waals surface area contributed by atoms with Gasteiger partial charge in [0, 0.05) is 14.0 Å². The molecule has 1 unspecified atom stereocenters. The highest BCUT2D eigenvalue weighted by Crippen LogP contribution is 2.26. The predicted molar refractivity (Wildman–Crippen MR) is 86.6 cm³/mol. The Morgan fingerprint density at radius 1 is 1.50 bits per heavy atom. The fraction of sp³-hybridized carbons (Fsp3) is 0.571. The highest BCUT2D eigenvalue weighted by atomic mass is 16.6. The third kappa shape index (κ3) is 5.68. The normalized spacial score (nSPS) is 24.6. The van der Waals surface area contributed by atoms with Gasteiger partial charge in [0.1, 0.15) is 24.9 Å². The van der Waals surface area contributed by atoms with Crippen LogP contribution in [0.5, 0.6) is 0 Å². The van der Waals surface area contributed by atoms with E-state index in [1.165, 1.54) is 14.0 Å². The first kappa shape index (κ1) is 21.3. The van der Waals surface area contributed by atoms with E-state index < -0.39 is 48.9 Å². The number of nitrogens with zero attached hydrogens (tertiary/aromatic N) is 1. The van der Waals surface area contributed by atoms with E-state index in [4.69, 9.17) is 20.9 Å². The SMILES string of the molecule is CO[C@@H]([C@@H]1OC(C(=O)O)C=C(N=C(N)N)[C@H]1NC(C)=O)[C@H](O)COC=O. The van der Waals surface area contributed by atoms with Crippen molar-refractivity contribution in [3.8, 4) is 0 Å². The van der Waals surface area contributed by atoms with Crippen molar-refractivity contribution < 1.29 is 38.8 Å². The summed E-state index contributed by atoms with van der Waals surface area (Å²) in [4.78, 5) is 37.1. The number of carboxylic acid groups (broad SMARTS) is 1. The largest absolute Gasteiger partial charge is 0.479 e. The molecule has 0 aromatic heterocycles. The topological polar surface area (TPSA) is 196 Å². The molecular weight excluding hydrogens is 352 g/mol. The molecule has 0 bridgehead atoms. The van der Waals surface area contributed by atoms with E-state index >= 15 is 0 Å². The first-order valence-electron chi connectivity index (χ1n) is 7.44. The van der Waals surface area contributed by atoms with E-state index in [-0.39, 0.29) is 18.1 Å². The third-order valence-corrected chi connectivity index (χ3v) is 3.44. The maximum Gasteiger partial charge on any atom is 0.336 e. The molecule has 12 heteroatoms. The Morgan fingerprint density at radius 2 is 2.15 bits per heavy atom. The van der Waals surface area contributed by atoms with E-state index in [1.807, 2.05) is 0 Å². The Kier molecular flexibility index (Phi) is 7.96. The molecule has 1 aliphatic heterocycles. The fourth-order valence-electron chi connectivity index (χ4n) is 2.48. The molecule has 0 spiro atoms. The highest BCUT2D eigenvalue weighted by molar-refractivity contribution is 5.79. The van der Waals surface area contributed by atoms with Crippen LogP contribution in [0.15, 0.2) is 16.8 Å². The molecule has 5 atom stereocenters. The predicted octanol–water partition coefficient (Wildman–Crippen LogP) is -2.95. The molecule has 0 radical (unpaired) electrons. The van der Waals surface area contributed by atoms with Crippen LogP contribution >= 0.6 is 0 Å². The zero-order valence-electron chi connectivity index (χ0n) is 14.2. The van der Waals surface area contributed by atoms with Gasteiger partial charge in [0.25, 0.3) is 6.47 Å². The van der Waals surface area contributed by atoms with Gasteiger partial charge in [0.05, 0.1) is 11.7 Å². The molecule has 1 heterocycles. The number of nitrogens with two attached hydrogens (primary N) is 2. The van der Waals surface area contributed by atoms with Gasteiger partial charge in [-0.1, -0.05) is 0 Å². The number of methoxy groups -OCH3 is 1. The summed E-state index contributed by atoms with van der Waals surface area (Å²) >= 11 is 0. The number of carbonyl (C=O) groups is 3. The van der Waals surface area contributed by atoms with E-state index in [9.17, 15) is 24.6 Å². The van der Waals surface area contributed by atoms with Gasteiger partial charge in [-0.15, -0.1) is 0 Å². The Balaban J connectivity index is 3.31. The monoisotopic (exact) mass is 374 g/mol. The van der Waals surface area contributed by atoms with E-state index in [0.717, 1.165) is 6.08 Å². The maximum absolute atomic E-state index is 11.6. The minimum Gasteiger partial charge on any atom is -0.479 e. The standard InChI is InChI=1S/C14H22N4O8/c1-6(20)17-10-7(18-14(15)16)3-9(13(22)23)26-12(10)11(24-2)8(21)4-25-5-19/h3,5,8-12,21H,4H2,1-2H3,(H,17,20)(H,22,23)(H4,15,16,18)/t8-,9?,10-,11-,12-/m1/s1. The lowest BCUT2D eigenvalue weighted by Crippen LogP contribution is -2.58. The van der Waals surface area contributed by atoms with Crippen LogP contribution in [-0.4, -0.2) is 78.7 Å². The lowest BCUT2D eigenvalue weighted by molar-refractivity contribution is -0.171. The number of aliphatic imine (C=N–C) groups is 1. The number of rotatable bonds is 9. The van der Waals surface area contributed by atoms with Gasteiger partial charge in [-0.25, -0.2) is 9.79 Å². The summed E-state index contributed by atoms with van der Waals surface area (Å²) in [7, 11) is 1.23. The number of ether oxygens (including phenoxy) is 3. The van der Waals surface area contributed by atoms with E-state index in [2.05, 4.69) is 15.0 Å². The molecule has 0 aliphatic carbocycles.